The van der Waals surface area contributed by atoms with Crippen molar-refractivity contribution in [2.75, 3.05) is 12.5 Å². The summed E-state index contributed by atoms with van der Waals surface area (Å²) in [5.74, 6) is -0.269. The van der Waals surface area contributed by atoms with Crippen molar-refractivity contribution in [3.63, 3.8) is 0 Å². The molecule has 0 atom stereocenters. The van der Waals surface area contributed by atoms with Gasteiger partial charge in [0, 0.05) is 5.88 Å². The first-order chi connectivity index (χ1) is 5.09. The van der Waals surface area contributed by atoms with Gasteiger partial charge in [-0.05, 0) is 18.5 Å². The van der Waals surface area contributed by atoms with Gasteiger partial charge in [0.05, 0.1) is 6.61 Å². The Morgan fingerprint density at radius 3 is 1.82 bits per heavy atom. The normalized spacial score (nSPS) is 7.64. The van der Waals surface area contributed by atoms with Crippen LogP contribution in [0.2, 0.25) is 0 Å². The highest BCUT2D eigenvalue weighted by Gasteiger charge is 2.08. The van der Waals surface area contributed by atoms with Gasteiger partial charge in [0.15, 0.2) is 0 Å². The molecular weight excluding hydrogens is 191 g/mol. The Bertz CT molecular complexity index is 125. The summed E-state index contributed by atoms with van der Waals surface area (Å²) in [6.07, 6.45) is 0. The van der Waals surface area contributed by atoms with Gasteiger partial charge in [-0.1, -0.05) is 6.92 Å². The molecule has 0 unspecified atom stereocenters. The van der Waals surface area contributed by atoms with Gasteiger partial charge < -0.3 is 4.74 Å². The van der Waals surface area contributed by atoms with Crippen LogP contribution in [-0.2, 0) is 14.3 Å². The zero-order valence-corrected chi connectivity index (χ0v) is 7.91. The van der Waals surface area contributed by atoms with Crippen LogP contribution in [0.4, 0.5) is 0 Å². The van der Waals surface area contributed by atoms with E-state index < -0.39 is 11.2 Å². The molecule has 0 fully saturated rings. The van der Waals surface area contributed by atoms with Crippen molar-refractivity contribution < 1.29 is 14.3 Å². The van der Waals surface area contributed by atoms with Gasteiger partial charge in [0.2, 0.25) is 0 Å². The molecule has 0 aliphatic heterocycles. The van der Waals surface area contributed by atoms with Crippen LogP contribution in [0.15, 0.2) is 0 Å². The van der Waals surface area contributed by atoms with Crippen LogP contribution in [0.5, 0.6) is 0 Å². The van der Waals surface area contributed by atoms with Gasteiger partial charge in [-0.25, -0.2) is 4.79 Å². The number of esters is 1. The molecule has 0 aliphatic carbocycles. The number of carbonyl (C=O) groups is 2. The third-order valence-corrected chi connectivity index (χ3v) is 0.590. The van der Waals surface area contributed by atoms with E-state index in [1.54, 1.807) is 6.92 Å². The summed E-state index contributed by atoms with van der Waals surface area (Å²) in [5, 5.41) is -1.08. The van der Waals surface area contributed by atoms with E-state index in [1.165, 1.54) is 0 Å². The summed E-state index contributed by atoms with van der Waals surface area (Å²) in [6.45, 7) is 3.66. The fourth-order valence-electron chi connectivity index (χ4n) is 0.188. The van der Waals surface area contributed by atoms with E-state index in [4.69, 9.17) is 23.2 Å². The second-order valence-electron chi connectivity index (χ2n) is 1.26. The van der Waals surface area contributed by atoms with Crippen LogP contribution >= 0.6 is 23.2 Å². The molecule has 0 aromatic heterocycles. The van der Waals surface area contributed by atoms with E-state index in [0.717, 1.165) is 5.88 Å². The maximum absolute atomic E-state index is 10.0. The Morgan fingerprint density at radius 1 is 1.36 bits per heavy atom. The molecule has 0 aromatic rings. The van der Waals surface area contributed by atoms with E-state index in [1.807, 2.05) is 6.92 Å². The Labute approximate surface area is 75.6 Å². The summed E-state index contributed by atoms with van der Waals surface area (Å²) < 4.78 is 4.18. The molecular formula is C6H10Cl2O3. The molecule has 0 radical (unpaired) electrons. The first kappa shape index (κ1) is 13.3. The van der Waals surface area contributed by atoms with Crippen LogP contribution in [-0.4, -0.2) is 23.7 Å². The number of rotatable bonds is 2. The predicted molar refractivity (Wildman–Crippen MR) is 43.9 cm³/mol. The highest BCUT2D eigenvalue weighted by atomic mass is 35.5. The van der Waals surface area contributed by atoms with Crippen LogP contribution in [0.25, 0.3) is 0 Å². The molecule has 66 valence electrons. The van der Waals surface area contributed by atoms with E-state index in [-0.39, 0.29) is 6.61 Å². The van der Waals surface area contributed by atoms with Gasteiger partial charge in [-0.15, -0.1) is 11.6 Å². The lowest BCUT2D eigenvalue weighted by molar-refractivity contribution is -0.149. The number of alkyl halides is 1. The highest BCUT2D eigenvalue weighted by molar-refractivity contribution is 6.80. The SMILES string of the molecule is CCCl.CCOC(=O)C(=O)Cl. The molecule has 0 spiro atoms. The Morgan fingerprint density at radius 2 is 1.73 bits per heavy atom. The van der Waals surface area contributed by atoms with Crippen LogP contribution in [0, 0.1) is 0 Å². The maximum atomic E-state index is 10.0. The second kappa shape index (κ2) is 9.72. The number of ether oxygens (including phenoxy) is 1. The van der Waals surface area contributed by atoms with Gasteiger partial charge in [-0.2, -0.15) is 0 Å². The van der Waals surface area contributed by atoms with Crippen molar-refractivity contribution in [1.82, 2.24) is 0 Å². The molecule has 0 aromatic carbocycles. The lowest BCUT2D eigenvalue weighted by Gasteiger charge is -1.91. The third kappa shape index (κ3) is 12.8. The smallest absolute Gasteiger partial charge is 0.391 e. The molecule has 0 aliphatic rings. The molecule has 0 heterocycles. The molecule has 0 saturated carbocycles. The van der Waals surface area contributed by atoms with Gasteiger partial charge >= 0.3 is 11.2 Å². The van der Waals surface area contributed by atoms with Crippen LogP contribution in [0.3, 0.4) is 0 Å². The second-order valence-corrected chi connectivity index (χ2v) is 2.14. The Balaban J connectivity index is 0. The largest absolute Gasteiger partial charge is 0.459 e. The number of hydrogen-bond donors (Lipinski definition) is 0. The summed E-state index contributed by atoms with van der Waals surface area (Å²) >= 11 is 9.69. The topological polar surface area (TPSA) is 43.4 Å². The van der Waals surface area contributed by atoms with Gasteiger partial charge in [0.1, 0.15) is 0 Å². The minimum Gasteiger partial charge on any atom is -0.459 e. The molecule has 3 nitrogen and oxygen atoms in total. The van der Waals surface area contributed by atoms with Crippen LogP contribution < -0.4 is 0 Å². The standard InChI is InChI=1S/C4H5ClO3.C2H5Cl/c1-2-8-4(7)3(5)6;1-2-3/h2H2,1H3;2H2,1H3. The van der Waals surface area contributed by atoms with E-state index in [0.29, 0.717) is 0 Å². The maximum Gasteiger partial charge on any atom is 0.391 e. The zero-order chi connectivity index (χ0) is 9.28. The number of carbonyl (C=O) groups excluding carboxylic acids is 2. The van der Waals surface area contributed by atoms with Crippen molar-refractivity contribution in [3.8, 4) is 0 Å². The minimum absolute atomic E-state index is 0.178. The van der Waals surface area contributed by atoms with E-state index in [2.05, 4.69) is 4.74 Å². The highest BCUT2D eigenvalue weighted by Crippen LogP contribution is 1.83. The molecule has 0 amide bonds. The summed E-state index contributed by atoms with van der Waals surface area (Å²) in [7, 11) is 0. The molecule has 11 heavy (non-hydrogen) atoms. The molecule has 0 N–H and O–H groups in total. The minimum atomic E-state index is -1.08. The fraction of sp³-hybridized carbons (Fsp3) is 0.667. The van der Waals surface area contributed by atoms with E-state index in [9.17, 15) is 9.59 Å². The zero-order valence-electron chi connectivity index (χ0n) is 6.39. The fourth-order valence-corrected chi connectivity index (χ4v) is 0.242. The summed E-state index contributed by atoms with van der Waals surface area (Å²) in [4.78, 5) is 19.9. The van der Waals surface area contributed by atoms with Crippen molar-refractivity contribution in [3.05, 3.63) is 0 Å². The molecule has 5 heteroatoms. The van der Waals surface area contributed by atoms with Crippen molar-refractivity contribution in [2.24, 2.45) is 0 Å². The summed E-state index contributed by atoms with van der Waals surface area (Å²) in [5.41, 5.74) is 0. The quantitative estimate of drug-likeness (QED) is 0.294. The Kier molecular flexibility index (Phi) is 11.8. The van der Waals surface area contributed by atoms with Crippen LogP contribution in [0.1, 0.15) is 13.8 Å². The first-order valence-electron chi connectivity index (χ1n) is 3.02. The third-order valence-electron chi connectivity index (χ3n) is 0.436. The molecule has 0 saturated heterocycles. The lowest BCUT2D eigenvalue weighted by Crippen LogP contribution is -2.10. The Hall–Kier alpha value is -0.280. The van der Waals surface area contributed by atoms with Crippen molar-refractivity contribution in [2.45, 2.75) is 13.8 Å². The molecule has 0 rings (SSSR count). The van der Waals surface area contributed by atoms with Gasteiger partial charge in [-0.3, -0.25) is 4.79 Å². The summed E-state index contributed by atoms with van der Waals surface area (Å²) in [6, 6.07) is 0. The van der Waals surface area contributed by atoms with Gasteiger partial charge in [0.25, 0.3) is 0 Å². The number of halogens is 2. The van der Waals surface area contributed by atoms with Crippen molar-refractivity contribution in [1.29, 1.82) is 0 Å². The lowest BCUT2D eigenvalue weighted by atomic mass is 10.7. The molecule has 0 bridgehead atoms. The monoisotopic (exact) mass is 200 g/mol. The number of hydrogen-bond acceptors (Lipinski definition) is 3. The van der Waals surface area contributed by atoms with E-state index >= 15 is 0 Å². The average molecular weight is 201 g/mol. The first-order valence-corrected chi connectivity index (χ1v) is 3.93. The average Bonchev–Trinajstić information content (AvgIpc) is 1.90. The van der Waals surface area contributed by atoms with Crippen molar-refractivity contribution >= 4 is 34.4 Å². The predicted octanol–water partition coefficient (Wildman–Crippen LogP) is 1.56.